The number of Topliss-reactive ketones (excluding diaryl/α,β-unsaturated/α-hetero) is 1. The second kappa shape index (κ2) is 15.3. The van der Waals surface area contributed by atoms with E-state index in [9.17, 15) is 18.9 Å². The molecule has 0 aromatic heterocycles. The molecule has 0 spiro atoms. The summed E-state index contributed by atoms with van der Waals surface area (Å²) in [6.07, 6.45) is 5.45. The van der Waals surface area contributed by atoms with Gasteiger partial charge < -0.3 is 18.7 Å². The number of anilines is 1. The van der Waals surface area contributed by atoms with Gasteiger partial charge in [0, 0.05) is 17.0 Å². The predicted octanol–water partition coefficient (Wildman–Crippen LogP) is 7.53. The summed E-state index contributed by atoms with van der Waals surface area (Å²) in [7, 11) is -3.27. The highest BCUT2D eigenvalue weighted by atomic mass is 31.2. The van der Waals surface area contributed by atoms with Crippen molar-refractivity contribution in [2.75, 3.05) is 24.2 Å². The van der Waals surface area contributed by atoms with Crippen LogP contribution in [0.4, 0.5) is 5.69 Å². The monoisotopic (exact) mass is 613 g/mol. The van der Waals surface area contributed by atoms with Gasteiger partial charge >= 0.3 is 13.6 Å². The van der Waals surface area contributed by atoms with Crippen molar-refractivity contribution in [1.29, 1.82) is 0 Å². The average molecular weight is 614 g/mol. The average Bonchev–Trinajstić information content (AvgIpc) is 3.39. The molecule has 2 aromatic rings. The number of fused-ring (bicyclic) bond motifs is 1. The predicted molar refractivity (Wildman–Crippen MR) is 169 cm³/mol. The van der Waals surface area contributed by atoms with Gasteiger partial charge in [0.25, 0.3) is 0 Å². The van der Waals surface area contributed by atoms with E-state index in [2.05, 4.69) is 0 Å². The van der Waals surface area contributed by atoms with Crippen molar-refractivity contribution in [2.24, 2.45) is 11.3 Å². The highest BCUT2D eigenvalue weighted by molar-refractivity contribution is 7.53. The molecule has 1 saturated carbocycles. The van der Waals surface area contributed by atoms with Gasteiger partial charge in [0.2, 0.25) is 5.91 Å². The standard InChI is InChI=1S/C17H23NO3.C17H25O4P/c1-12-9-10-13-7-5-6-8-14(13)18(16(12)20)11-15(19)21-17(2,3)4;1-3-20-22(19,21-13-16-9-5-4-6-10-16)14-17(15(2)18)11-7-8-12-17/h5-8,12H,9-11H2,1-4H3;4-6,9-10H,3,7-8,11-14H2,1-2H3/t12-;/m0./s1. The molecule has 1 aliphatic heterocycles. The van der Waals surface area contributed by atoms with Gasteiger partial charge in [0.15, 0.2) is 0 Å². The molecular formula is C34H48NO7P. The largest absolute Gasteiger partial charge is 0.459 e. The van der Waals surface area contributed by atoms with Gasteiger partial charge in [-0.15, -0.1) is 0 Å². The van der Waals surface area contributed by atoms with Gasteiger partial charge in [0.05, 0.1) is 19.4 Å². The number of esters is 1. The van der Waals surface area contributed by atoms with Crippen LogP contribution < -0.4 is 4.90 Å². The summed E-state index contributed by atoms with van der Waals surface area (Å²) < 4.78 is 29.5. The first-order valence-corrected chi connectivity index (χ1v) is 17.0. The van der Waals surface area contributed by atoms with Crippen LogP contribution in [0.2, 0.25) is 0 Å². The number of carbonyl (C=O) groups excluding carboxylic acids is 3. The molecule has 4 rings (SSSR count). The summed E-state index contributed by atoms with van der Waals surface area (Å²) in [4.78, 5) is 38.3. The lowest BCUT2D eigenvalue weighted by Gasteiger charge is -2.30. The van der Waals surface area contributed by atoms with Crippen molar-refractivity contribution in [2.45, 2.75) is 92.3 Å². The topological polar surface area (TPSA) is 99.2 Å². The minimum absolute atomic E-state index is 0.00851. The molecule has 236 valence electrons. The molecule has 2 aromatic carbocycles. The summed E-state index contributed by atoms with van der Waals surface area (Å²) in [6.45, 7) is 11.3. The van der Waals surface area contributed by atoms with E-state index >= 15 is 0 Å². The third kappa shape index (κ3) is 10.1. The normalized spacial score (nSPS) is 19.3. The van der Waals surface area contributed by atoms with E-state index in [1.54, 1.807) is 18.7 Å². The lowest BCUT2D eigenvalue weighted by molar-refractivity contribution is -0.153. The Kier molecular flexibility index (Phi) is 12.3. The van der Waals surface area contributed by atoms with Crippen LogP contribution >= 0.6 is 7.60 Å². The van der Waals surface area contributed by atoms with E-state index in [-0.39, 0.29) is 42.9 Å². The van der Waals surface area contributed by atoms with Crippen LogP contribution in [-0.2, 0) is 45.8 Å². The molecule has 2 aliphatic rings. The fourth-order valence-corrected chi connectivity index (χ4v) is 7.92. The second-order valence-electron chi connectivity index (χ2n) is 12.6. The van der Waals surface area contributed by atoms with E-state index in [1.165, 1.54) is 0 Å². The Balaban J connectivity index is 0.000000236. The van der Waals surface area contributed by atoms with Crippen LogP contribution in [-0.4, -0.2) is 42.6 Å². The van der Waals surface area contributed by atoms with Gasteiger partial charge in [-0.3, -0.25) is 18.9 Å². The molecule has 1 aliphatic carbocycles. The minimum Gasteiger partial charge on any atom is -0.459 e. The molecule has 0 saturated heterocycles. The Hall–Kier alpha value is -2.80. The number of hydrogen-bond acceptors (Lipinski definition) is 7. The molecule has 1 unspecified atom stereocenters. The maximum Gasteiger partial charge on any atom is 0.331 e. The summed E-state index contributed by atoms with van der Waals surface area (Å²) in [6, 6.07) is 17.4. The van der Waals surface area contributed by atoms with Gasteiger partial charge in [-0.05, 0) is 77.5 Å². The third-order valence-electron chi connectivity index (χ3n) is 7.92. The zero-order valence-electron chi connectivity index (χ0n) is 26.6. The van der Waals surface area contributed by atoms with Gasteiger partial charge in [0.1, 0.15) is 17.9 Å². The molecule has 0 bridgehead atoms. The first-order chi connectivity index (χ1) is 20.3. The third-order valence-corrected chi connectivity index (χ3v) is 10.1. The number of carbonyl (C=O) groups is 3. The van der Waals surface area contributed by atoms with Gasteiger partial charge in [-0.2, -0.15) is 0 Å². The number of para-hydroxylation sites is 1. The number of ketones is 1. The molecule has 1 amide bonds. The number of aryl methyl sites for hydroxylation is 1. The van der Waals surface area contributed by atoms with E-state index in [0.717, 1.165) is 55.3 Å². The van der Waals surface area contributed by atoms with Gasteiger partial charge in [-0.1, -0.05) is 68.3 Å². The number of ether oxygens (including phenoxy) is 1. The fraction of sp³-hybridized carbons (Fsp3) is 0.559. The van der Waals surface area contributed by atoms with Crippen LogP contribution in [0.5, 0.6) is 0 Å². The molecule has 0 radical (unpaired) electrons. The molecular weight excluding hydrogens is 565 g/mol. The molecule has 43 heavy (non-hydrogen) atoms. The summed E-state index contributed by atoms with van der Waals surface area (Å²) in [5.74, 6) is -0.362. The number of nitrogens with zero attached hydrogens (tertiary/aromatic N) is 1. The lowest BCUT2D eigenvalue weighted by Crippen LogP contribution is -2.40. The van der Waals surface area contributed by atoms with Crippen LogP contribution in [0.3, 0.4) is 0 Å². The molecule has 1 heterocycles. The quantitative estimate of drug-likeness (QED) is 0.202. The van der Waals surface area contributed by atoms with E-state index in [1.807, 2.05) is 82.3 Å². The van der Waals surface area contributed by atoms with E-state index in [0.29, 0.717) is 6.61 Å². The smallest absolute Gasteiger partial charge is 0.331 e. The maximum absolute atomic E-state index is 13.1. The van der Waals surface area contributed by atoms with Crippen molar-refractivity contribution >= 4 is 30.9 Å². The van der Waals surface area contributed by atoms with Crippen molar-refractivity contribution in [3.05, 3.63) is 65.7 Å². The first kappa shape index (κ1) is 34.7. The Morgan fingerprint density at radius 1 is 1.00 bits per heavy atom. The SMILES string of the molecule is CCOP(=O)(CC1(C(C)=O)CCCC1)OCc1ccccc1.C[C@H]1CCc2ccccc2N(CC(=O)OC(C)(C)C)C1=O. The van der Waals surface area contributed by atoms with E-state index < -0.39 is 18.6 Å². The minimum atomic E-state index is -3.27. The summed E-state index contributed by atoms with van der Waals surface area (Å²) in [5.41, 5.74) is 1.82. The summed E-state index contributed by atoms with van der Waals surface area (Å²) >= 11 is 0. The zero-order valence-corrected chi connectivity index (χ0v) is 27.5. The lowest BCUT2D eigenvalue weighted by atomic mass is 9.84. The zero-order chi connectivity index (χ0) is 31.7. The van der Waals surface area contributed by atoms with Crippen molar-refractivity contribution < 1.29 is 32.7 Å². The van der Waals surface area contributed by atoms with Crippen LogP contribution in [0, 0.1) is 11.3 Å². The number of hydrogen-bond donors (Lipinski definition) is 0. The van der Waals surface area contributed by atoms with Gasteiger partial charge in [-0.25, -0.2) is 0 Å². The Morgan fingerprint density at radius 3 is 2.23 bits per heavy atom. The second-order valence-corrected chi connectivity index (χ2v) is 14.6. The van der Waals surface area contributed by atoms with Crippen molar-refractivity contribution in [3.63, 3.8) is 0 Å². The van der Waals surface area contributed by atoms with Crippen molar-refractivity contribution in [3.8, 4) is 0 Å². The van der Waals surface area contributed by atoms with Crippen molar-refractivity contribution in [1.82, 2.24) is 0 Å². The molecule has 1 fully saturated rings. The molecule has 9 heteroatoms. The van der Waals surface area contributed by atoms with E-state index in [4.69, 9.17) is 13.8 Å². The first-order valence-electron chi connectivity index (χ1n) is 15.3. The van der Waals surface area contributed by atoms with Crippen LogP contribution in [0.25, 0.3) is 0 Å². The number of rotatable bonds is 10. The maximum atomic E-state index is 13.1. The number of benzene rings is 2. The molecule has 0 N–H and O–H groups in total. The summed E-state index contributed by atoms with van der Waals surface area (Å²) in [5, 5.41) is 0. The molecule has 2 atom stereocenters. The van der Waals surface area contributed by atoms with Crippen LogP contribution in [0.1, 0.15) is 84.8 Å². The Labute approximate surface area is 257 Å². The molecule has 8 nitrogen and oxygen atoms in total. The highest BCUT2D eigenvalue weighted by Gasteiger charge is 2.45. The Morgan fingerprint density at radius 2 is 1.63 bits per heavy atom. The van der Waals surface area contributed by atoms with Crippen LogP contribution in [0.15, 0.2) is 54.6 Å². The number of amides is 1. The fourth-order valence-electron chi connectivity index (χ4n) is 5.65. The Bertz CT molecular complexity index is 1280. The highest BCUT2D eigenvalue weighted by Crippen LogP contribution is 2.57.